The van der Waals surface area contributed by atoms with Gasteiger partial charge in [-0.25, -0.2) is 4.98 Å². The Morgan fingerprint density at radius 1 is 1.11 bits per heavy atom. The van der Waals surface area contributed by atoms with E-state index in [0.717, 1.165) is 4.52 Å². The third-order valence-corrected chi connectivity index (χ3v) is 3.91. The minimum absolute atomic E-state index is 0.0173. The van der Waals surface area contributed by atoms with Gasteiger partial charge in [0.2, 0.25) is 5.89 Å². The number of para-hydroxylation sites is 1. The van der Waals surface area contributed by atoms with Crippen molar-refractivity contribution in [1.82, 2.24) is 14.6 Å². The summed E-state index contributed by atoms with van der Waals surface area (Å²) < 4.78 is 11.7. The van der Waals surface area contributed by atoms with Gasteiger partial charge in [0.25, 0.3) is 5.91 Å². The molecular weight excluding hydrogens is 348 g/mol. The number of anilines is 1. The topological polar surface area (TPSA) is 98.7 Å². The van der Waals surface area contributed by atoms with Gasteiger partial charge >= 0.3 is 11.4 Å². The molecule has 8 nitrogen and oxygen atoms in total. The van der Waals surface area contributed by atoms with E-state index in [0.29, 0.717) is 16.9 Å². The summed E-state index contributed by atoms with van der Waals surface area (Å²) in [6.07, 6.45) is 1.24. The summed E-state index contributed by atoms with van der Waals surface area (Å²) in [5, 5.41) is 6.70. The van der Waals surface area contributed by atoms with Gasteiger partial charge in [-0.1, -0.05) is 30.3 Å². The molecule has 0 saturated carbocycles. The van der Waals surface area contributed by atoms with E-state index in [9.17, 15) is 9.59 Å². The molecule has 0 atom stereocenters. The number of nitrogens with zero attached hydrogens (tertiary/aromatic N) is 3. The quantitative estimate of drug-likeness (QED) is 0.599. The van der Waals surface area contributed by atoms with Crippen LogP contribution in [-0.4, -0.2) is 27.6 Å². The van der Waals surface area contributed by atoms with Crippen LogP contribution in [0.2, 0.25) is 0 Å². The van der Waals surface area contributed by atoms with E-state index < -0.39 is 11.5 Å². The Morgan fingerprint density at radius 3 is 2.63 bits per heavy atom. The van der Waals surface area contributed by atoms with Gasteiger partial charge in [-0.15, -0.1) is 9.61 Å². The van der Waals surface area contributed by atoms with E-state index in [4.69, 9.17) is 9.15 Å². The lowest BCUT2D eigenvalue weighted by molar-refractivity contribution is 0.102. The van der Waals surface area contributed by atoms with Gasteiger partial charge in [0.05, 0.1) is 18.9 Å². The lowest BCUT2D eigenvalue weighted by Crippen LogP contribution is -2.23. The molecule has 2 aromatic carbocycles. The minimum Gasteiger partial charge on any atom is -0.496 e. The zero-order chi connectivity index (χ0) is 18.8. The molecule has 27 heavy (non-hydrogen) atoms. The maximum atomic E-state index is 12.6. The number of ether oxygens (including phenoxy) is 1. The van der Waals surface area contributed by atoms with Crippen LogP contribution in [0.4, 0.5) is 5.69 Å². The van der Waals surface area contributed by atoms with Crippen LogP contribution in [0.15, 0.2) is 70.0 Å². The van der Waals surface area contributed by atoms with Crippen LogP contribution in [-0.2, 0) is 0 Å². The Kier molecular flexibility index (Phi) is 4.13. The molecule has 2 heterocycles. The van der Waals surface area contributed by atoms with E-state index in [-0.39, 0.29) is 17.4 Å². The van der Waals surface area contributed by atoms with Crippen LogP contribution in [0.1, 0.15) is 10.4 Å². The van der Waals surface area contributed by atoms with Crippen molar-refractivity contribution in [1.29, 1.82) is 0 Å². The second kappa shape index (κ2) is 6.75. The number of methoxy groups -OCH3 is 1. The SMILES string of the molecule is COc1ccccc1C(=O)Nc1cnc2oc(-c3ccccc3)nn2c1=O. The van der Waals surface area contributed by atoms with Gasteiger partial charge in [0, 0.05) is 5.56 Å². The fourth-order valence-corrected chi connectivity index (χ4v) is 2.59. The molecule has 1 amide bonds. The molecule has 0 aliphatic heterocycles. The number of amides is 1. The molecule has 8 heteroatoms. The maximum Gasteiger partial charge on any atom is 0.328 e. The minimum atomic E-state index is -0.547. The molecule has 1 N–H and O–H groups in total. The molecule has 0 bridgehead atoms. The highest BCUT2D eigenvalue weighted by molar-refractivity contribution is 6.06. The zero-order valence-electron chi connectivity index (χ0n) is 14.2. The van der Waals surface area contributed by atoms with Gasteiger partial charge in [-0.05, 0) is 24.3 Å². The molecule has 0 aliphatic rings. The number of nitrogens with one attached hydrogen (secondary N) is 1. The van der Waals surface area contributed by atoms with Crippen molar-refractivity contribution in [3.05, 3.63) is 76.7 Å². The molecule has 4 rings (SSSR count). The van der Waals surface area contributed by atoms with Crippen molar-refractivity contribution in [3.8, 4) is 17.2 Å². The molecule has 0 unspecified atom stereocenters. The number of benzene rings is 2. The van der Waals surface area contributed by atoms with Crippen molar-refractivity contribution in [2.75, 3.05) is 12.4 Å². The smallest absolute Gasteiger partial charge is 0.328 e. The predicted molar refractivity (Wildman–Crippen MR) is 97.9 cm³/mol. The molecule has 0 spiro atoms. The molecule has 4 aromatic rings. The van der Waals surface area contributed by atoms with E-state index in [1.807, 2.05) is 18.2 Å². The van der Waals surface area contributed by atoms with Crippen LogP contribution in [0, 0.1) is 0 Å². The maximum absolute atomic E-state index is 12.6. The van der Waals surface area contributed by atoms with E-state index in [2.05, 4.69) is 15.4 Å². The normalized spacial score (nSPS) is 10.7. The zero-order valence-corrected chi connectivity index (χ0v) is 14.2. The molecule has 134 valence electrons. The molecule has 0 saturated heterocycles. The van der Waals surface area contributed by atoms with Crippen molar-refractivity contribution in [2.45, 2.75) is 0 Å². The standard InChI is InChI=1S/C19H14N4O4/c1-26-15-10-6-5-9-13(15)16(24)21-14-11-20-19-23(18(14)25)22-17(27-19)12-7-3-2-4-8-12/h2-11H,1H3,(H,21,24). The van der Waals surface area contributed by atoms with Crippen LogP contribution < -0.4 is 15.6 Å². The predicted octanol–water partition coefficient (Wildman–Crippen LogP) is 2.61. The van der Waals surface area contributed by atoms with Crippen molar-refractivity contribution in [3.63, 3.8) is 0 Å². The first-order valence-corrected chi connectivity index (χ1v) is 8.06. The van der Waals surface area contributed by atoms with Crippen molar-refractivity contribution in [2.24, 2.45) is 0 Å². The first-order valence-electron chi connectivity index (χ1n) is 8.06. The molecule has 0 radical (unpaired) electrons. The summed E-state index contributed by atoms with van der Waals surface area (Å²) in [4.78, 5) is 29.2. The lowest BCUT2D eigenvalue weighted by Gasteiger charge is -2.08. The average Bonchev–Trinajstić information content (AvgIpc) is 3.16. The van der Waals surface area contributed by atoms with Crippen LogP contribution in [0.5, 0.6) is 5.75 Å². The first-order chi connectivity index (χ1) is 13.2. The number of aromatic nitrogens is 3. The van der Waals surface area contributed by atoms with Crippen LogP contribution in [0.25, 0.3) is 17.3 Å². The summed E-state index contributed by atoms with van der Waals surface area (Å²) in [5.41, 5.74) is 0.446. The van der Waals surface area contributed by atoms with Crippen molar-refractivity contribution < 1.29 is 13.9 Å². The first kappa shape index (κ1) is 16.5. The molecule has 0 aliphatic carbocycles. The summed E-state index contributed by atoms with van der Waals surface area (Å²) in [6, 6.07) is 15.9. The Hall–Kier alpha value is -3.94. The molecule has 2 aromatic heterocycles. The highest BCUT2D eigenvalue weighted by atomic mass is 16.5. The second-order valence-electron chi connectivity index (χ2n) is 5.60. The van der Waals surface area contributed by atoms with Gasteiger partial charge in [-0.2, -0.15) is 0 Å². The monoisotopic (exact) mass is 362 g/mol. The van der Waals surface area contributed by atoms with Crippen LogP contribution in [0.3, 0.4) is 0 Å². The van der Waals surface area contributed by atoms with Crippen molar-refractivity contribution >= 4 is 17.4 Å². The Labute approximate surface area is 153 Å². The summed E-state index contributed by atoms with van der Waals surface area (Å²) in [7, 11) is 1.47. The molecular formula is C19H14N4O4. The van der Waals surface area contributed by atoms with E-state index in [1.165, 1.54) is 13.3 Å². The number of carbonyl (C=O) groups is 1. The number of fused-ring (bicyclic) bond motifs is 1. The Balaban J connectivity index is 1.70. The number of hydrogen-bond donors (Lipinski definition) is 1. The van der Waals surface area contributed by atoms with Gasteiger partial charge in [0.1, 0.15) is 11.4 Å². The van der Waals surface area contributed by atoms with E-state index in [1.54, 1.807) is 36.4 Å². The fraction of sp³-hybridized carbons (Fsp3) is 0.0526. The average molecular weight is 362 g/mol. The van der Waals surface area contributed by atoms with Gasteiger partial charge < -0.3 is 14.5 Å². The number of carbonyl (C=O) groups excluding carboxylic acids is 1. The Bertz CT molecular complexity index is 1180. The Morgan fingerprint density at radius 2 is 1.85 bits per heavy atom. The highest BCUT2D eigenvalue weighted by Gasteiger charge is 2.17. The summed E-state index contributed by atoms with van der Waals surface area (Å²) in [6.45, 7) is 0. The van der Waals surface area contributed by atoms with Gasteiger partial charge in [-0.3, -0.25) is 9.59 Å². The summed E-state index contributed by atoms with van der Waals surface area (Å²) >= 11 is 0. The number of rotatable bonds is 4. The second-order valence-corrected chi connectivity index (χ2v) is 5.60. The van der Waals surface area contributed by atoms with Crippen LogP contribution >= 0.6 is 0 Å². The lowest BCUT2D eigenvalue weighted by atomic mass is 10.2. The highest BCUT2D eigenvalue weighted by Crippen LogP contribution is 2.20. The fourth-order valence-electron chi connectivity index (χ4n) is 2.59. The van der Waals surface area contributed by atoms with E-state index >= 15 is 0 Å². The third-order valence-electron chi connectivity index (χ3n) is 3.91. The number of hydrogen-bond acceptors (Lipinski definition) is 6. The summed E-state index contributed by atoms with van der Waals surface area (Å²) in [5.74, 6) is 0.206. The third kappa shape index (κ3) is 3.04. The largest absolute Gasteiger partial charge is 0.496 e. The molecule has 0 fully saturated rings. The van der Waals surface area contributed by atoms with Gasteiger partial charge in [0.15, 0.2) is 0 Å².